The number of rotatable bonds is 4. The van der Waals surface area contributed by atoms with Gasteiger partial charge in [0, 0.05) is 25.1 Å². The van der Waals surface area contributed by atoms with E-state index in [2.05, 4.69) is 27.4 Å². The third-order valence-corrected chi connectivity index (χ3v) is 2.73. The molecular weight excluding hydrogens is 186 g/mol. The summed E-state index contributed by atoms with van der Waals surface area (Å²) in [6.07, 6.45) is 13.6. The van der Waals surface area contributed by atoms with Crippen LogP contribution in [0.2, 0.25) is 0 Å². The molecule has 1 aliphatic carbocycles. The molecule has 1 atom stereocenters. The fourth-order valence-electron chi connectivity index (χ4n) is 1.87. The summed E-state index contributed by atoms with van der Waals surface area (Å²) in [6.45, 7) is 1.91. The highest BCUT2D eigenvalue weighted by Gasteiger charge is 2.08. The maximum atomic E-state index is 4.22. The highest BCUT2D eigenvalue weighted by molar-refractivity contribution is 4.94. The Labute approximate surface area is 90.6 Å². The van der Waals surface area contributed by atoms with Gasteiger partial charge in [-0.2, -0.15) is 0 Å². The van der Waals surface area contributed by atoms with Crippen molar-refractivity contribution in [3.8, 4) is 0 Å². The second-order valence-corrected chi connectivity index (χ2v) is 3.98. The molecule has 0 radical (unpaired) electrons. The van der Waals surface area contributed by atoms with Crippen LogP contribution in [0.15, 0.2) is 30.7 Å². The standard InChI is InChI=1S/C12H17N3/c1-2-4-11(5-3-1)8-14-10-12-9-13-6-7-15-12/h1-2,6-7,9,11,14H,3-5,8,10H2. The molecule has 1 aromatic rings. The van der Waals surface area contributed by atoms with Crippen LogP contribution in [0.4, 0.5) is 0 Å². The normalized spacial score (nSPS) is 20.4. The Morgan fingerprint density at radius 1 is 1.33 bits per heavy atom. The largest absolute Gasteiger partial charge is 0.311 e. The van der Waals surface area contributed by atoms with Crippen LogP contribution in [0.5, 0.6) is 0 Å². The summed E-state index contributed by atoms with van der Waals surface area (Å²) in [4.78, 5) is 8.26. The molecule has 1 N–H and O–H groups in total. The maximum absolute atomic E-state index is 4.22. The van der Waals surface area contributed by atoms with Crippen LogP contribution in [0.3, 0.4) is 0 Å². The van der Waals surface area contributed by atoms with Crippen molar-refractivity contribution >= 4 is 0 Å². The molecule has 0 amide bonds. The van der Waals surface area contributed by atoms with Gasteiger partial charge < -0.3 is 5.32 Å². The lowest BCUT2D eigenvalue weighted by Crippen LogP contribution is -2.23. The molecule has 0 aliphatic heterocycles. The van der Waals surface area contributed by atoms with E-state index < -0.39 is 0 Å². The Morgan fingerprint density at radius 3 is 3.07 bits per heavy atom. The molecule has 80 valence electrons. The van der Waals surface area contributed by atoms with Crippen molar-refractivity contribution in [2.24, 2.45) is 5.92 Å². The summed E-state index contributed by atoms with van der Waals surface area (Å²) in [5.41, 5.74) is 1.02. The van der Waals surface area contributed by atoms with Gasteiger partial charge in [0.25, 0.3) is 0 Å². The third kappa shape index (κ3) is 3.44. The average Bonchev–Trinajstić information content (AvgIpc) is 2.32. The highest BCUT2D eigenvalue weighted by Crippen LogP contribution is 2.16. The molecule has 3 heteroatoms. The average molecular weight is 203 g/mol. The van der Waals surface area contributed by atoms with E-state index in [4.69, 9.17) is 0 Å². The molecule has 1 aliphatic rings. The van der Waals surface area contributed by atoms with Crippen LogP contribution in [0, 0.1) is 5.92 Å². The molecule has 0 aromatic carbocycles. The zero-order chi connectivity index (χ0) is 10.3. The topological polar surface area (TPSA) is 37.8 Å². The summed E-state index contributed by atoms with van der Waals surface area (Å²) in [5, 5.41) is 3.44. The van der Waals surface area contributed by atoms with Crippen LogP contribution in [0.1, 0.15) is 25.0 Å². The van der Waals surface area contributed by atoms with Gasteiger partial charge in [0.15, 0.2) is 0 Å². The summed E-state index contributed by atoms with van der Waals surface area (Å²) in [5.74, 6) is 0.798. The van der Waals surface area contributed by atoms with Crippen molar-refractivity contribution in [1.82, 2.24) is 15.3 Å². The van der Waals surface area contributed by atoms with Crippen molar-refractivity contribution in [1.29, 1.82) is 0 Å². The van der Waals surface area contributed by atoms with Gasteiger partial charge >= 0.3 is 0 Å². The van der Waals surface area contributed by atoms with Crippen molar-refractivity contribution in [3.63, 3.8) is 0 Å². The number of hydrogen-bond acceptors (Lipinski definition) is 3. The van der Waals surface area contributed by atoms with Crippen molar-refractivity contribution < 1.29 is 0 Å². The minimum absolute atomic E-state index is 0.798. The Bertz CT molecular complexity index is 308. The Balaban J connectivity index is 1.68. The predicted octanol–water partition coefficient (Wildman–Crippen LogP) is 1.92. The van der Waals surface area contributed by atoms with E-state index in [1.54, 1.807) is 12.4 Å². The lowest BCUT2D eigenvalue weighted by molar-refractivity contribution is 0.439. The van der Waals surface area contributed by atoms with E-state index in [0.717, 1.165) is 24.7 Å². The maximum Gasteiger partial charge on any atom is 0.0724 e. The van der Waals surface area contributed by atoms with Gasteiger partial charge in [-0.3, -0.25) is 9.97 Å². The SMILES string of the molecule is C1=CCC(CNCc2cnccn2)CC1. The second kappa shape index (κ2) is 5.61. The minimum Gasteiger partial charge on any atom is -0.311 e. The first kappa shape index (κ1) is 10.3. The molecule has 3 nitrogen and oxygen atoms in total. The van der Waals surface area contributed by atoms with Crippen LogP contribution in [-0.2, 0) is 6.54 Å². The van der Waals surface area contributed by atoms with Gasteiger partial charge in [-0.15, -0.1) is 0 Å². The predicted molar refractivity (Wildman–Crippen MR) is 60.2 cm³/mol. The monoisotopic (exact) mass is 203 g/mol. The van der Waals surface area contributed by atoms with E-state index >= 15 is 0 Å². The lowest BCUT2D eigenvalue weighted by Gasteiger charge is -2.17. The van der Waals surface area contributed by atoms with E-state index in [9.17, 15) is 0 Å². The Kier molecular flexibility index (Phi) is 3.85. The second-order valence-electron chi connectivity index (χ2n) is 3.98. The zero-order valence-electron chi connectivity index (χ0n) is 8.89. The van der Waals surface area contributed by atoms with Gasteiger partial charge in [0.2, 0.25) is 0 Å². The number of hydrogen-bond donors (Lipinski definition) is 1. The zero-order valence-corrected chi connectivity index (χ0v) is 8.89. The number of nitrogens with zero attached hydrogens (tertiary/aromatic N) is 2. The van der Waals surface area contributed by atoms with Gasteiger partial charge in [0.1, 0.15) is 0 Å². The van der Waals surface area contributed by atoms with Crippen LogP contribution >= 0.6 is 0 Å². The molecule has 0 saturated heterocycles. The molecule has 1 heterocycles. The molecule has 0 saturated carbocycles. The fourth-order valence-corrected chi connectivity index (χ4v) is 1.87. The van der Waals surface area contributed by atoms with E-state index in [0.29, 0.717) is 0 Å². The first-order valence-electron chi connectivity index (χ1n) is 5.56. The molecule has 1 aromatic heterocycles. The molecule has 2 rings (SSSR count). The van der Waals surface area contributed by atoms with Gasteiger partial charge in [-0.1, -0.05) is 12.2 Å². The van der Waals surface area contributed by atoms with Gasteiger partial charge in [-0.25, -0.2) is 0 Å². The summed E-state index contributed by atoms with van der Waals surface area (Å²) < 4.78 is 0. The van der Waals surface area contributed by atoms with E-state index in [-0.39, 0.29) is 0 Å². The van der Waals surface area contributed by atoms with Crippen LogP contribution in [0.25, 0.3) is 0 Å². The smallest absolute Gasteiger partial charge is 0.0724 e. The van der Waals surface area contributed by atoms with Gasteiger partial charge in [-0.05, 0) is 31.7 Å². The minimum atomic E-state index is 0.798. The molecule has 0 spiro atoms. The molecular formula is C12H17N3. The Morgan fingerprint density at radius 2 is 2.33 bits per heavy atom. The first-order chi connectivity index (χ1) is 7.45. The van der Waals surface area contributed by atoms with Crippen LogP contribution < -0.4 is 5.32 Å². The van der Waals surface area contributed by atoms with Crippen molar-refractivity contribution in [2.45, 2.75) is 25.8 Å². The highest BCUT2D eigenvalue weighted by atomic mass is 14.9. The third-order valence-electron chi connectivity index (χ3n) is 2.73. The van der Waals surface area contributed by atoms with E-state index in [1.807, 2.05) is 6.20 Å². The molecule has 0 fully saturated rings. The number of aromatic nitrogens is 2. The van der Waals surface area contributed by atoms with Crippen molar-refractivity contribution in [3.05, 3.63) is 36.4 Å². The summed E-state index contributed by atoms with van der Waals surface area (Å²) >= 11 is 0. The van der Waals surface area contributed by atoms with Crippen molar-refractivity contribution in [2.75, 3.05) is 6.54 Å². The summed E-state index contributed by atoms with van der Waals surface area (Å²) in [6, 6.07) is 0. The van der Waals surface area contributed by atoms with Gasteiger partial charge in [0.05, 0.1) is 5.69 Å². The molecule has 0 bridgehead atoms. The fraction of sp³-hybridized carbons (Fsp3) is 0.500. The Hall–Kier alpha value is -1.22. The molecule has 15 heavy (non-hydrogen) atoms. The quantitative estimate of drug-likeness (QED) is 0.760. The number of allylic oxidation sites excluding steroid dienone is 2. The molecule has 1 unspecified atom stereocenters. The van der Waals surface area contributed by atoms with E-state index in [1.165, 1.54) is 19.3 Å². The van der Waals surface area contributed by atoms with Crippen LogP contribution in [-0.4, -0.2) is 16.5 Å². The first-order valence-corrected chi connectivity index (χ1v) is 5.56. The number of nitrogens with one attached hydrogen (secondary N) is 1. The summed E-state index contributed by atoms with van der Waals surface area (Å²) in [7, 11) is 0. The lowest BCUT2D eigenvalue weighted by atomic mass is 9.94.